The van der Waals surface area contributed by atoms with Gasteiger partial charge in [0.15, 0.2) is 36.0 Å². The minimum Gasteiger partial charge on any atom is -0.470 e. The van der Waals surface area contributed by atoms with Crippen molar-refractivity contribution in [2.24, 2.45) is 0 Å². The number of nitrogens with zero attached hydrogens (tertiary/aromatic N) is 9. The number of alkyl carbamates (subject to hydrolysis) is 2. The highest BCUT2D eigenvalue weighted by molar-refractivity contribution is 5.80. The van der Waals surface area contributed by atoms with Gasteiger partial charge in [-0.05, 0) is 59.4 Å². The average molecular weight is 959 g/mol. The molecule has 0 bridgehead atoms. The largest absolute Gasteiger partial charge is 0.470 e. The van der Waals surface area contributed by atoms with E-state index in [1.807, 2.05) is 26.0 Å². The molecule has 10 rings (SSSR count). The number of H-pyrrole nitrogens is 2. The third-order valence-corrected chi connectivity index (χ3v) is 12.2. The Morgan fingerprint density at radius 2 is 1.84 bits per heavy atom. The number of anilines is 4. The first-order valence-electron chi connectivity index (χ1n) is 22.3. The van der Waals surface area contributed by atoms with Gasteiger partial charge in [0, 0.05) is 71.6 Å². The van der Waals surface area contributed by atoms with Crippen LogP contribution in [0, 0.1) is 6.92 Å². The van der Waals surface area contributed by atoms with E-state index in [0.717, 1.165) is 24.0 Å². The van der Waals surface area contributed by atoms with E-state index in [-0.39, 0.29) is 59.2 Å². The van der Waals surface area contributed by atoms with Crippen LogP contribution < -0.4 is 30.7 Å². The van der Waals surface area contributed by atoms with Crippen molar-refractivity contribution >= 4 is 46.8 Å². The van der Waals surface area contributed by atoms with Crippen LogP contribution >= 0.6 is 0 Å². The van der Waals surface area contributed by atoms with E-state index < -0.39 is 61.8 Å². The van der Waals surface area contributed by atoms with Crippen LogP contribution in [0.4, 0.5) is 50.6 Å². The molecule has 25 heteroatoms. The Kier molecular flexibility index (Phi) is 11.9. The summed E-state index contributed by atoms with van der Waals surface area (Å²) >= 11 is 0. The summed E-state index contributed by atoms with van der Waals surface area (Å²) in [5.74, 6) is 0.231. The van der Waals surface area contributed by atoms with Gasteiger partial charge in [-0.25, -0.2) is 52.5 Å². The van der Waals surface area contributed by atoms with Gasteiger partial charge in [0.05, 0.1) is 23.7 Å². The molecule has 0 spiro atoms. The minimum atomic E-state index is -2.81. The van der Waals surface area contributed by atoms with Crippen molar-refractivity contribution in [1.29, 1.82) is 0 Å². The highest BCUT2D eigenvalue weighted by Gasteiger charge is 2.45. The summed E-state index contributed by atoms with van der Waals surface area (Å²) in [6.45, 7) is 6.09. The van der Waals surface area contributed by atoms with Gasteiger partial charge in [0.1, 0.15) is 30.2 Å². The summed E-state index contributed by atoms with van der Waals surface area (Å²) in [5, 5.41) is 26.7. The predicted octanol–water partition coefficient (Wildman–Crippen LogP) is 6.38. The van der Waals surface area contributed by atoms with E-state index in [1.54, 1.807) is 53.8 Å². The van der Waals surface area contributed by atoms with E-state index >= 15 is 8.78 Å². The Bertz CT molecular complexity index is 3010. The molecule has 7 aromatic rings. The smallest absolute Gasteiger partial charge is 0.407 e. The van der Waals surface area contributed by atoms with Gasteiger partial charge in [-0.15, -0.1) is 9.20 Å². The number of ether oxygens (including phenoxy) is 4. The Labute approximate surface area is 389 Å². The van der Waals surface area contributed by atoms with Crippen molar-refractivity contribution in [1.82, 2.24) is 59.9 Å². The van der Waals surface area contributed by atoms with Crippen LogP contribution in [-0.2, 0) is 14.2 Å². The number of nitrogens with one attached hydrogen (secondary N) is 6. The fourth-order valence-electron chi connectivity index (χ4n) is 8.56. The summed E-state index contributed by atoms with van der Waals surface area (Å²) in [7, 11) is 0. The van der Waals surface area contributed by atoms with Gasteiger partial charge in [0.25, 0.3) is 29.9 Å². The fourth-order valence-corrected chi connectivity index (χ4v) is 8.56. The minimum absolute atomic E-state index is 0.134. The number of carbonyl (C=O) groups excluding carboxylic acids is 2. The average Bonchev–Trinajstić information content (AvgIpc) is 4.04. The SMILES string of the molecule is Cc1nc(Nc2cc([C@@H]3CC[C@H](OC(=O)NC4(C)CC4)[C@@H]3F)[nH][n+]2-c2cnc(Nc3cc([C@@H]4OC[C@H](OC(=O)NC(C)C)[C@H]4F)[nH]n3)c3cc(OCC(F)F)nn23)n2ccnc2c1-c1cccnc1. The first-order valence-corrected chi connectivity index (χ1v) is 22.3. The lowest BCUT2D eigenvalue weighted by Gasteiger charge is -2.19. The lowest BCUT2D eigenvalue weighted by molar-refractivity contribution is -0.646. The Morgan fingerprint density at radius 1 is 1.01 bits per heavy atom. The Hall–Kier alpha value is -7.57. The summed E-state index contributed by atoms with van der Waals surface area (Å²) < 4.78 is 85.5. The maximum atomic E-state index is 16.5. The van der Waals surface area contributed by atoms with Crippen molar-refractivity contribution in [3.05, 3.63) is 78.4 Å². The molecule has 2 amide bonds. The molecule has 3 aliphatic rings. The second-order valence-electron chi connectivity index (χ2n) is 17.8. The summed E-state index contributed by atoms with van der Waals surface area (Å²) in [6, 6.07) is 8.10. The standard InChI is InChI=1S/C44H47F4N15O6/c1-21(2)52-42(64)69-29-19-67-38(37(29)48)26-14-31(58-57-26)54-39-27-16-33(66-20-30(45)46)60-62(27)34(18-51-39)63-32(15-25(59-63)24-7-8-28(36(24)47)68-43(65)56-44(4)9-10-44)55-41-53-22(3)35(23-6-5-11-49-17-23)40-50-12-13-61(40)41/h5-6,11-18,21,24,28-30,36-38H,7-10,19-20H2,1-4H3,(H5,50,51,52,53,54,55,56,57,58,59,60,64,65)/p+1/t24-,28-,29-,36+,37+,38-/m0/s1. The number of rotatable bonds is 15. The maximum absolute atomic E-state index is 16.5. The number of hydrogen-bond donors (Lipinski definition) is 6. The second kappa shape index (κ2) is 18.2. The van der Waals surface area contributed by atoms with Crippen LogP contribution in [0.5, 0.6) is 5.88 Å². The molecular weight excluding hydrogens is 911 g/mol. The molecule has 69 heavy (non-hydrogen) atoms. The second-order valence-corrected chi connectivity index (χ2v) is 17.8. The van der Waals surface area contributed by atoms with Crippen molar-refractivity contribution < 1.29 is 50.8 Å². The number of halogens is 4. The third-order valence-electron chi connectivity index (χ3n) is 12.2. The highest BCUT2D eigenvalue weighted by atomic mass is 19.3. The Morgan fingerprint density at radius 3 is 2.61 bits per heavy atom. The first-order chi connectivity index (χ1) is 33.2. The van der Waals surface area contributed by atoms with Crippen LogP contribution in [0.1, 0.15) is 75.6 Å². The van der Waals surface area contributed by atoms with Gasteiger partial charge in [-0.2, -0.15) is 5.10 Å². The van der Waals surface area contributed by atoms with Crippen molar-refractivity contribution in [3.8, 4) is 22.8 Å². The molecule has 6 atom stereocenters. The Balaban J connectivity index is 1.00. The molecule has 7 aromatic heterocycles. The van der Waals surface area contributed by atoms with Gasteiger partial charge in [-0.3, -0.25) is 14.5 Å². The number of aromatic amines is 2. The zero-order chi connectivity index (χ0) is 48.1. The summed E-state index contributed by atoms with van der Waals surface area (Å²) in [6.07, 6.45) is -0.486. The van der Waals surface area contributed by atoms with Crippen LogP contribution in [0.2, 0.25) is 0 Å². The maximum Gasteiger partial charge on any atom is 0.407 e. The molecule has 0 radical (unpaired) electrons. The molecular formula is C44H48F4N15O6+. The molecule has 362 valence electrons. The van der Waals surface area contributed by atoms with Gasteiger partial charge >= 0.3 is 12.2 Å². The number of amides is 2. The highest BCUT2D eigenvalue weighted by Crippen LogP contribution is 2.40. The number of aromatic nitrogens is 11. The normalized spacial score (nSPS) is 21.8. The molecule has 1 saturated heterocycles. The molecule has 8 heterocycles. The molecule has 6 N–H and O–H groups in total. The van der Waals surface area contributed by atoms with E-state index in [2.05, 4.69) is 56.6 Å². The topological polar surface area (TPSA) is 241 Å². The molecule has 0 unspecified atom stereocenters. The van der Waals surface area contributed by atoms with Crippen molar-refractivity contribution in [3.63, 3.8) is 0 Å². The molecule has 21 nitrogen and oxygen atoms in total. The number of aryl methyl sites for hydroxylation is 1. The lowest BCUT2D eigenvalue weighted by Crippen LogP contribution is -2.39. The van der Waals surface area contributed by atoms with Gasteiger partial charge in [0.2, 0.25) is 0 Å². The molecule has 2 saturated carbocycles. The summed E-state index contributed by atoms with van der Waals surface area (Å²) in [4.78, 5) is 43.4. The molecule has 2 aliphatic carbocycles. The third kappa shape index (κ3) is 9.24. The van der Waals surface area contributed by atoms with Crippen LogP contribution in [-0.4, -0.2) is 117 Å². The summed E-state index contributed by atoms with van der Waals surface area (Å²) in [5.41, 5.74) is 3.30. The van der Waals surface area contributed by atoms with Crippen molar-refractivity contribution in [2.75, 3.05) is 23.8 Å². The number of pyridine rings is 1. The van der Waals surface area contributed by atoms with E-state index in [4.69, 9.17) is 23.9 Å². The van der Waals surface area contributed by atoms with E-state index in [9.17, 15) is 18.4 Å². The van der Waals surface area contributed by atoms with Crippen LogP contribution in [0.15, 0.2) is 61.3 Å². The van der Waals surface area contributed by atoms with Crippen LogP contribution in [0.25, 0.3) is 28.1 Å². The number of imidazole rings is 1. The van der Waals surface area contributed by atoms with E-state index in [1.165, 1.54) is 22.8 Å². The number of fused-ring (bicyclic) bond motifs is 2. The lowest BCUT2D eigenvalue weighted by atomic mass is 10.0. The zero-order valence-corrected chi connectivity index (χ0v) is 37.6. The van der Waals surface area contributed by atoms with E-state index in [0.29, 0.717) is 35.2 Å². The molecule has 0 aromatic carbocycles. The first kappa shape index (κ1) is 45.2. The molecule has 3 fully saturated rings. The van der Waals surface area contributed by atoms with Crippen molar-refractivity contribution in [2.45, 2.75) is 108 Å². The fraction of sp³-hybridized carbons (Fsp3) is 0.432. The van der Waals surface area contributed by atoms with Gasteiger partial charge < -0.3 is 34.9 Å². The predicted molar refractivity (Wildman–Crippen MR) is 237 cm³/mol. The zero-order valence-electron chi connectivity index (χ0n) is 37.6. The molecule has 1 aliphatic heterocycles. The van der Waals surface area contributed by atoms with Gasteiger partial charge in [-0.1, -0.05) is 11.2 Å². The van der Waals surface area contributed by atoms with Crippen LogP contribution in [0.3, 0.4) is 0 Å². The number of alkyl halides is 4. The number of carbonyl (C=O) groups is 2. The quantitative estimate of drug-likeness (QED) is 0.0483. The number of hydrogen-bond acceptors (Lipinski definition) is 14. The monoisotopic (exact) mass is 958 g/mol.